The fraction of sp³-hybridized carbons (Fsp3) is 0.0536. The van der Waals surface area contributed by atoms with Crippen LogP contribution in [0.25, 0.3) is 71.6 Å². The fourth-order valence-electron chi connectivity index (χ4n) is 9.13. The molecule has 0 fully saturated rings. The molecule has 1 aromatic heterocycles. The Kier molecular flexibility index (Phi) is 8.91. The van der Waals surface area contributed by atoms with Gasteiger partial charge in [0.15, 0.2) is 0 Å². The molecule has 2 unspecified atom stereocenters. The van der Waals surface area contributed by atoms with Crippen LogP contribution < -0.4 is 5.32 Å². The van der Waals surface area contributed by atoms with Gasteiger partial charge in [-0.1, -0.05) is 194 Å². The maximum Gasteiger partial charge on any atom is 0.134 e. The molecular formula is C56H42N4. The number of benzene rings is 9. The molecule has 0 bridgehead atoms. The zero-order chi connectivity index (χ0) is 40.0. The molecule has 9 aromatic carbocycles. The molecule has 11 rings (SSSR count). The maximum absolute atomic E-state index is 5.40. The van der Waals surface area contributed by atoms with E-state index in [1.165, 1.54) is 71.5 Å². The Balaban J connectivity index is 0.973. The average Bonchev–Trinajstić information content (AvgIpc) is 3.66. The monoisotopic (exact) mass is 770 g/mol. The first-order chi connectivity index (χ1) is 29.7. The second-order valence-electron chi connectivity index (χ2n) is 15.6. The Labute approximate surface area is 350 Å². The van der Waals surface area contributed by atoms with Crippen molar-refractivity contribution < 1.29 is 0 Å². The van der Waals surface area contributed by atoms with Crippen LogP contribution in [0, 0.1) is 0 Å². The smallest absolute Gasteiger partial charge is 0.134 e. The highest BCUT2D eigenvalue weighted by Gasteiger charge is 2.30. The number of aromatic nitrogens is 1. The number of aliphatic imine (C=N–C) groups is 1. The summed E-state index contributed by atoms with van der Waals surface area (Å²) in [7, 11) is 2.14. The first-order valence-corrected chi connectivity index (χ1v) is 20.7. The number of amidine groups is 1. The summed E-state index contributed by atoms with van der Waals surface area (Å²) in [5.74, 6) is 0.949. The van der Waals surface area contributed by atoms with Gasteiger partial charge in [0.2, 0.25) is 0 Å². The lowest BCUT2D eigenvalue weighted by Gasteiger charge is -2.39. The van der Waals surface area contributed by atoms with Crippen molar-refractivity contribution in [3.8, 4) is 39.1 Å². The van der Waals surface area contributed by atoms with Gasteiger partial charge >= 0.3 is 0 Å². The van der Waals surface area contributed by atoms with Crippen molar-refractivity contribution >= 4 is 38.4 Å². The normalized spacial score (nSPS) is 15.4. The molecule has 0 saturated heterocycles. The molecule has 4 nitrogen and oxygen atoms in total. The number of nitrogens with one attached hydrogen (secondary N) is 1. The van der Waals surface area contributed by atoms with E-state index in [0.29, 0.717) is 0 Å². The van der Waals surface area contributed by atoms with Gasteiger partial charge in [0.25, 0.3) is 0 Å². The molecule has 0 amide bonds. The number of hydrogen-bond donors (Lipinski definition) is 1. The fourth-order valence-corrected chi connectivity index (χ4v) is 9.13. The topological polar surface area (TPSA) is 32.6 Å². The third kappa shape index (κ3) is 6.26. The highest BCUT2D eigenvalue weighted by molar-refractivity contribution is 6.09. The molecule has 0 spiro atoms. The molecule has 1 aliphatic heterocycles. The zero-order valence-corrected chi connectivity index (χ0v) is 33.3. The van der Waals surface area contributed by atoms with Gasteiger partial charge in [0.1, 0.15) is 18.2 Å². The Bertz CT molecular complexity index is 3110. The molecule has 286 valence electrons. The van der Waals surface area contributed by atoms with Crippen LogP contribution in [0.1, 0.15) is 29.0 Å². The summed E-state index contributed by atoms with van der Waals surface area (Å²) in [5, 5.41) is 8.83. The van der Waals surface area contributed by atoms with Crippen molar-refractivity contribution in [1.29, 1.82) is 0 Å². The van der Waals surface area contributed by atoms with Crippen LogP contribution in [-0.2, 0) is 0 Å². The van der Waals surface area contributed by atoms with Gasteiger partial charge in [-0.15, -0.1) is 0 Å². The van der Waals surface area contributed by atoms with Crippen LogP contribution in [0.5, 0.6) is 0 Å². The van der Waals surface area contributed by atoms with E-state index in [9.17, 15) is 0 Å². The largest absolute Gasteiger partial charge is 0.340 e. The van der Waals surface area contributed by atoms with Gasteiger partial charge < -0.3 is 9.47 Å². The Morgan fingerprint density at radius 3 is 1.63 bits per heavy atom. The minimum Gasteiger partial charge on any atom is -0.340 e. The second-order valence-corrected chi connectivity index (χ2v) is 15.6. The minimum absolute atomic E-state index is 0.0627. The molecule has 1 aliphatic rings. The van der Waals surface area contributed by atoms with Gasteiger partial charge in [-0.2, -0.15) is 0 Å². The van der Waals surface area contributed by atoms with Gasteiger partial charge in [-0.05, 0) is 79.5 Å². The first-order valence-electron chi connectivity index (χ1n) is 20.7. The van der Waals surface area contributed by atoms with Crippen LogP contribution in [0.4, 0.5) is 0 Å². The lowest BCUT2D eigenvalue weighted by atomic mass is 9.89. The second kappa shape index (κ2) is 15.0. The van der Waals surface area contributed by atoms with Crippen molar-refractivity contribution in [3.63, 3.8) is 0 Å². The number of para-hydroxylation sites is 2. The van der Waals surface area contributed by atoms with Gasteiger partial charge in [0.05, 0.1) is 11.0 Å². The van der Waals surface area contributed by atoms with E-state index in [1.54, 1.807) is 0 Å². The zero-order valence-electron chi connectivity index (χ0n) is 33.3. The van der Waals surface area contributed by atoms with Crippen molar-refractivity contribution in [1.82, 2.24) is 14.8 Å². The van der Waals surface area contributed by atoms with Crippen LogP contribution in [-0.4, -0.2) is 22.4 Å². The average molecular weight is 771 g/mol. The highest BCUT2D eigenvalue weighted by atomic mass is 15.4. The van der Waals surface area contributed by atoms with Crippen molar-refractivity contribution in [2.75, 3.05) is 7.05 Å². The van der Waals surface area contributed by atoms with Crippen molar-refractivity contribution in [2.45, 2.75) is 12.3 Å². The van der Waals surface area contributed by atoms with Crippen LogP contribution in [0.15, 0.2) is 223 Å². The minimum atomic E-state index is -0.221. The third-order valence-corrected chi connectivity index (χ3v) is 12.1. The van der Waals surface area contributed by atoms with E-state index in [0.717, 1.165) is 22.6 Å². The standard InChI is InChI=1S/C56H42N4/c1-59-55(44-17-6-3-7-18-44)57-54(43-28-24-39(25-29-43)38-14-4-2-5-15-38)58-56(59)45-30-26-42(27-31-45)53-47-19-9-8-16-40(47)34-37-48(53)41-32-35-46(36-33-41)60-51-22-12-10-20-49(51)50-21-11-13-23-52(50)60/h2-37,54-55,57H,1H3. The molecule has 1 N–H and O–H groups in total. The summed E-state index contributed by atoms with van der Waals surface area (Å²) in [6.07, 6.45) is -0.284. The van der Waals surface area contributed by atoms with E-state index in [1.807, 2.05) is 0 Å². The molecule has 4 heteroatoms. The van der Waals surface area contributed by atoms with Crippen molar-refractivity contribution in [3.05, 3.63) is 235 Å². The third-order valence-electron chi connectivity index (χ3n) is 12.1. The molecule has 2 atom stereocenters. The van der Waals surface area contributed by atoms with Gasteiger partial charge in [-0.25, -0.2) is 4.99 Å². The Hall–Kier alpha value is -7.53. The quantitative estimate of drug-likeness (QED) is 0.175. The SMILES string of the molecule is CN1C(c2ccc(-c3c(-c4ccc(-n5c6ccccc6c6ccccc65)cc4)ccc4ccccc34)cc2)=NC(c2ccc(-c3ccccc3)cc2)NC1c1ccccc1. The van der Waals surface area contributed by atoms with Crippen LogP contribution in [0.3, 0.4) is 0 Å². The number of nitrogens with zero attached hydrogens (tertiary/aromatic N) is 3. The molecule has 0 aliphatic carbocycles. The lowest BCUT2D eigenvalue weighted by Crippen LogP contribution is -2.46. The number of fused-ring (bicyclic) bond motifs is 4. The summed E-state index contributed by atoms with van der Waals surface area (Å²) in [6.45, 7) is 0. The Morgan fingerprint density at radius 2 is 0.950 bits per heavy atom. The van der Waals surface area contributed by atoms with E-state index >= 15 is 0 Å². The Morgan fingerprint density at radius 1 is 0.417 bits per heavy atom. The van der Waals surface area contributed by atoms with Gasteiger partial charge in [-0.3, -0.25) is 5.32 Å². The van der Waals surface area contributed by atoms with Crippen LogP contribution >= 0.6 is 0 Å². The van der Waals surface area contributed by atoms with Gasteiger partial charge in [0, 0.05) is 29.1 Å². The number of hydrogen-bond acceptors (Lipinski definition) is 3. The molecule has 2 heterocycles. The van der Waals surface area contributed by atoms with Crippen LogP contribution in [0.2, 0.25) is 0 Å². The summed E-state index contributed by atoms with van der Waals surface area (Å²) in [6, 6.07) is 78.7. The highest BCUT2D eigenvalue weighted by Crippen LogP contribution is 2.40. The van der Waals surface area contributed by atoms with E-state index in [4.69, 9.17) is 4.99 Å². The molecule has 60 heavy (non-hydrogen) atoms. The molecule has 0 saturated carbocycles. The summed E-state index contributed by atoms with van der Waals surface area (Å²) in [4.78, 5) is 7.66. The number of rotatable bonds is 7. The van der Waals surface area contributed by atoms with E-state index < -0.39 is 0 Å². The molecule has 10 aromatic rings. The predicted octanol–water partition coefficient (Wildman–Crippen LogP) is 13.6. The first kappa shape index (κ1) is 35.6. The molecular weight excluding hydrogens is 729 g/mol. The van der Waals surface area contributed by atoms with E-state index in [-0.39, 0.29) is 12.3 Å². The summed E-state index contributed by atoms with van der Waals surface area (Å²) < 4.78 is 2.38. The van der Waals surface area contributed by atoms with Crippen molar-refractivity contribution in [2.24, 2.45) is 4.99 Å². The summed E-state index contributed by atoms with van der Waals surface area (Å²) in [5.41, 5.74) is 14.1. The predicted molar refractivity (Wildman–Crippen MR) is 250 cm³/mol. The van der Waals surface area contributed by atoms with E-state index in [2.05, 4.69) is 240 Å². The summed E-state index contributed by atoms with van der Waals surface area (Å²) >= 11 is 0. The lowest BCUT2D eigenvalue weighted by molar-refractivity contribution is 0.257. The maximum atomic E-state index is 5.40. The molecule has 0 radical (unpaired) electrons.